The van der Waals surface area contributed by atoms with Gasteiger partial charge in [-0.3, -0.25) is 0 Å². The molecule has 2 aromatic carbocycles. The number of anilines is 1. The Balaban J connectivity index is 1.78. The molecular weight excluding hydrogens is 264 g/mol. The predicted octanol–water partition coefficient (Wildman–Crippen LogP) is 2.62. The second-order valence-corrected chi connectivity index (χ2v) is 4.77. The van der Waals surface area contributed by atoms with Crippen LogP contribution in [0.4, 0.5) is 5.69 Å². The van der Waals surface area contributed by atoms with Crippen molar-refractivity contribution in [1.29, 1.82) is 0 Å². The fourth-order valence-corrected chi connectivity index (χ4v) is 2.02. The van der Waals surface area contributed by atoms with Crippen LogP contribution in [0.5, 0.6) is 11.5 Å². The van der Waals surface area contributed by atoms with Crippen molar-refractivity contribution >= 4 is 5.69 Å². The van der Waals surface area contributed by atoms with Gasteiger partial charge < -0.3 is 20.9 Å². The molecule has 4 heteroatoms. The van der Waals surface area contributed by atoms with E-state index in [-0.39, 0.29) is 0 Å². The van der Waals surface area contributed by atoms with E-state index in [4.69, 9.17) is 20.9 Å². The lowest BCUT2D eigenvalue weighted by Crippen LogP contribution is -2.10. The average molecular weight is 286 g/mol. The van der Waals surface area contributed by atoms with E-state index in [0.717, 1.165) is 18.6 Å². The van der Waals surface area contributed by atoms with Crippen molar-refractivity contribution in [3.05, 3.63) is 54.1 Å². The molecule has 0 aliphatic rings. The largest absolute Gasteiger partial charge is 0.490 e. The Hall–Kier alpha value is -2.20. The molecule has 21 heavy (non-hydrogen) atoms. The predicted molar refractivity (Wildman–Crippen MR) is 85.7 cm³/mol. The summed E-state index contributed by atoms with van der Waals surface area (Å²) < 4.78 is 11.2. The molecule has 0 aliphatic heterocycles. The molecule has 0 spiro atoms. The highest BCUT2D eigenvalue weighted by atomic mass is 16.5. The van der Waals surface area contributed by atoms with Crippen molar-refractivity contribution in [3.63, 3.8) is 0 Å². The van der Waals surface area contributed by atoms with Crippen molar-refractivity contribution < 1.29 is 9.47 Å². The Kier molecular flexibility index (Phi) is 5.91. The highest BCUT2D eigenvalue weighted by Crippen LogP contribution is 2.23. The zero-order valence-electron chi connectivity index (χ0n) is 12.1. The van der Waals surface area contributed by atoms with Crippen LogP contribution >= 0.6 is 0 Å². The Morgan fingerprint density at radius 3 is 2.38 bits per heavy atom. The van der Waals surface area contributed by atoms with Crippen LogP contribution in [0, 0.1) is 0 Å². The van der Waals surface area contributed by atoms with Crippen molar-refractivity contribution in [2.75, 3.05) is 25.5 Å². The highest BCUT2D eigenvalue weighted by Gasteiger charge is 2.02. The van der Waals surface area contributed by atoms with Gasteiger partial charge in [0.2, 0.25) is 0 Å². The fourth-order valence-electron chi connectivity index (χ4n) is 2.02. The number of hydrogen-bond acceptors (Lipinski definition) is 4. The number of para-hydroxylation sites is 1. The van der Waals surface area contributed by atoms with E-state index < -0.39 is 0 Å². The zero-order valence-corrected chi connectivity index (χ0v) is 12.1. The standard InChI is InChI=1S/C17H22N2O2/c18-10-4-5-14-8-9-17(16(19)13-14)21-12-11-20-15-6-2-1-3-7-15/h1-3,6-9,13H,4-5,10-12,18-19H2. The maximum Gasteiger partial charge on any atom is 0.142 e. The molecule has 4 N–H and O–H groups in total. The lowest BCUT2D eigenvalue weighted by atomic mass is 10.1. The van der Waals surface area contributed by atoms with Gasteiger partial charge in [-0.15, -0.1) is 0 Å². The lowest BCUT2D eigenvalue weighted by molar-refractivity contribution is 0.218. The van der Waals surface area contributed by atoms with Crippen LogP contribution in [-0.4, -0.2) is 19.8 Å². The molecular formula is C17H22N2O2. The maximum atomic E-state index is 5.99. The van der Waals surface area contributed by atoms with Gasteiger partial charge in [-0.2, -0.15) is 0 Å². The van der Waals surface area contributed by atoms with Gasteiger partial charge in [0.1, 0.15) is 24.7 Å². The van der Waals surface area contributed by atoms with Crippen LogP contribution in [0.25, 0.3) is 0 Å². The van der Waals surface area contributed by atoms with E-state index in [1.165, 1.54) is 5.56 Å². The van der Waals surface area contributed by atoms with Crippen molar-refractivity contribution in [2.24, 2.45) is 5.73 Å². The number of benzene rings is 2. The van der Waals surface area contributed by atoms with E-state index in [0.29, 0.717) is 31.2 Å². The molecule has 0 radical (unpaired) electrons. The zero-order chi connectivity index (χ0) is 14.9. The molecule has 0 amide bonds. The monoisotopic (exact) mass is 286 g/mol. The minimum atomic E-state index is 0.460. The minimum absolute atomic E-state index is 0.460. The Morgan fingerprint density at radius 2 is 1.67 bits per heavy atom. The summed E-state index contributed by atoms with van der Waals surface area (Å²) in [5.41, 5.74) is 13.3. The Labute approximate surface area is 125 Å². The summed E-state index contributed by atoms with van der Waals surface area (Å²) in [6, 6.07) is 15.5. The third-order valence-corrected chi connectivity index (χ3v) is 3.10. The summed E-state index contributed by atoms with van der Waals surface area (Å²) in [5, 5.41) is 0. The van der Waals surface area contributed by atoms with Crippen LogP contribution < -0.4 is 20.9 Å². The van der Waals surface area contributed by atoms with E-state index in [1.54, 1.807) is 0 Å². The molecule has 0 aliphatic carbocycles. The lowest BCUT2D eigenvalue weighted by Gasteiger charge is -2.11. The van der Waals surface area contributed by atoms with Crippen LogP contribution in [0.3, 0.4) is 0 Å². The van der Waals surface area contributed by atoms with E-state index in [9.17, 15) is 0 Å². The summed E-state index contributed by atoms with van der Waals surface area (Å²) >= 11 is 0. The Morgan fingerprint density at radius 1 is 0.905 bits per heavy atom. The van der Waals surface area contributed by atoms with Gasteiger partial charge >= 0.3 is 0 Å². The second kappa shape index (κ2) is 8.17. The molecule has 0 fully saturated rings. The van der Waals surface area contributed by atoms with Crippen molar-refractivity contribution in [3.8, 4) is 11.5 Å². The molecule has 2 rings (SSSR count). The number of rotatable bonds is 8. The van der Waals surface area contributed by atoms with Gasteiger partial charge in [0, 0.05) is 0 Å². The summed E-state index contributed by atoms with van der Waals surface area (Å²) in [7, 11) is 0. The van der Waals surface area contributed by atoms with Crippen LogP contribution in [0.1, 0.15) is 12.0 Å². The van der Waals surface area contributed by atoms with E-state index in [2.05, 4.69) is 0 Å². The molecule has 112 valence electrons. The molecule has 0 atom stereocenters. The topological polar surface area (TPSA) is 70.5 Å². The SMILES string of the molecule is NCCCc1ccc(OCCOc2ccccc2)c(N)c1. The van der Waals surface area contributed by atoms with Gasteiger partial charge in [-0.1, -0.05) is 24.3 Å². The van der Waals surface area contributed by atoms with Crippen molar-refractivity contribution in [1.82, 2.24) is 0 Å². The summed E-state index contributed by atoms with van der Waals surface area (Å²) in [6.45, 7) is 1.63. The first-order chi connectivity index (χ1) is 10.3. The Bertz CT molecular complexity index is 544. The number of nitrogen functional groups attached to an aromatic ring is 1. The van der Waals surface area contributed by atoms with E-state index >= 15 is 0 Å². The van der Waals surface area contributed by atoms with Crippen LogP contribution in [0.15, 0.2) is 48.5 Å². The molecule has 0 saturated heterocycles. The molecule has 4 nitrogen and oxygen atoms in total. The minimum Gasteiger partial charge on any atom is -0.490 e. The fraction of sp³-hybridized carbons (Fsp3) is 0.294. The van der Waals surface area contributed by atoms with Crippen LogP contribution in [-0.2, 0) is 6.42 Å². The molecule has 0 heterocycles. The third-order valence-electron chi connectivity index (χ3n) is 3.10. The van der Waals surface area contributed by atoms with Crippen LogP contribution in [0.2, 0.25) is 0 Å². The number of hydrogen-bond donors (Lipinski definition) is 2. The highest BCUT2D eigenvalue weighted by molar-refractivity contribution is 5.54. The maximum absolute atomic E-state index is 5.99. The first-order valence-corrected chi connectivity index (χ1v) is 7.18. The normalized spacial score (nSPS) is 10.3. The summed E-state index contributed by atoms with van der Waals surface area (Å²) in [5.74, 6) is 1.54. The van der Waals surface area contributed by atoms with Crippen molar-refractivity contribution in [2.45, 2.75) is 12.8 Å². The number of ether oxygens (including phenoxy) is 2. The summed E-state index contributed by atoms with van der Waals surface area (Å²) in [4.78, 5) is 0. The van der Waals surface area contributed by atoms with Gasteiger partial charge in [-0.25, -0.2) is 0 Å². The smallest absolute Gasteiger partial charge is 0.142 e. The number of aryl methyl sites for hydroxylation is 1. The molecule has 0 bridgehead atoms. The second-order valence-electron chi connectivity index (χ2n) is 4.77. The molecule has 0 aromatic heterocycles. The van der Waals surface area contributed by atoms with Gasteiger partial charge in [0.15, 0.2) is 0 Å². The molecule has 0 saturated carbocycles. The first kappa shape index (κ1) is 15.2. The third kappa shape index (κ3) is 5.00. The average Bonchev–Trinajstić information content (AvgIpc) is 2.52. The van der Waals surface area contributed by atoms with Gasteiger partial charge in [-0.05, 0) is 49.2 Å². The molecule has 2 aromatic rings. The number of nitrogens with two attached hydrogens (primary N) is 2. The van der Waals surface area contributed by atoms with Gasteiger partial charge in [0.25, 0.3) is 0 Å². The first-order valence-electron chi connectivity index (χ1n) is 7.18. The molecule has 0 unspecified atom stereocenters. The quantitative estimate of drug-likeness (QED) is 0.578. The summed E-state index contributed by atoms with van der Waals surface area (Å²) in [6.07, 6.45) is 1.91. The van der Waals surface area contributed by atoms with Gasteiger partial charge in [0.05, 0.1) is 5.69 Å². The van der Waals surface area contributed by atoms with E-state index in [1.807, 2.05) is 48.5 Å².